The lowest BCUT2D eigenvalue weighted by Crippen LogP contribution is -2.56. The molecular weight excluding hydrogens is 859 g/mol. The van der Waals surface area contributed by atoms with Gasteiger partial charge in [0.15, 0.2) is 17.9 Å². The maximum atomic E-state index is 14.0. The lowest BCUT2D eigenvalue weighted by Gasteiger charge is -2.42. The Balaban J connectivity index is 1.02. The molecule has 2 aliphatic carbocycles. The van der Waals surface area contributed by atoms with E-state index in [0.717, 1.165) is 21.4 Å². The molecule has 6 N–H and O–H groups in total. The van der Waals surface area contributed by atoms with Gasteiger partial charge in [-0.3, -0.25) is 14.4 Å². The number of Topliss-reactive ketones (excluding diaryl/α,β-unsaturated/α-hetero) is 1. The third-order valence-corrected chi connectivity index (χ3v) is 13.5. The summed E-state index contributed by atoms with van der Waals surface area (Å²) >= 11 is 0. The van der Waals surface area contributed by atoms with Crippen molar-refractivity contribution in [3.05, 3.63) is 124 Å². The number of carbonyl (C=O) groups excluding carboxylic acids is 5. The number of carbonyl (C=O) groups is 5. The minimum Gasteiger partial charge on any atom is -0.507 e. The number of esters is 1. The molecule has 5 unspecified atom stereocenters. The normalized spacial score (nSPS) is 22.5. The fourth-order valence-electron chi connectivity index (χ4n) is 7.79. The zero-order valence-corrected chi connectivity index (χ0v) is 35.5. The molecule has 7 rings (SSSR count). The summed E-state index contributed by atoms with van der Waals surface area (Å²) in [6.07, 6.45) is -6.15. The topological polar surface area (TPSA) is 245 Å². The second-order valence-electron chi connectivity index (χ2n) is 15.1. The number of aliphatic hydroxyl groups is 3. The van der Waals surface area contributed by atoms with E-state index in [2.05, 4.69) is 11.9 Å². The average molecular weight is 902 g/mol. The minimum atomic E-state index is -2.36. The zero-order chi connectivity index (χ0) is 45.2. The van der Waals surface area contributed by atoms with Gasteiger partial charge in [0.1, 0.15) is 48.8 Å². The molecule has 0 bridgehead atoms. The number of rotatable bonds is 14. The predicted molar refractivity (Wildman–Crippen MR) is 225 cm³/mol. The maximum absolute atomic E-state index is 14.0. The smallest absolute Gasteiger partial charge is 0.407 e. The van der Waals surface area contributed by atoms with E-state index in [1.807, 2.05) is 36.4 Å². The van der Waals surface area contributed by atoms with Crippen molar-refractivity contribution in [2.24, 2.45) is 0 Å². The van der Waals surface area contributed by atoms with E-state index in [9.17, 15) is 49.5 Å². The first-order valence-electron chi connectivity index (χ1n) is 19.6. The fourth-order valence-corrected chi connectivity index (χ4v) is 9.72. The first-order chi connectivity index (χ1) is 30.2. The first-order valence-corrected chi connectivity index (χ1v) is 21.8. The largest absolute Gasteiger partial charge is 0.507 e. The molecule has 1 fully saturated rings. The predicted octanol–water partition coefficient (Wildman–Crippen LogP) is 5.00. The van der Waals surface area contributed by atoms with Crippen LogP contribution in [0.4, 0.5) is 4.79 Å². The molecule has 1 heterocycles. The van der Waals surface area contributed by atoms with Crippen LogP contribution < -0.4 is 10.1 Å². The third-order valence-electron chi connectivity index (χ3n) is 11.1. The van der Waals surface area contributed by atoms with Crippen molar-refractivity contribution < 1.29 is 73.2 Å². The highest BCUT2D eigenvalue weighted by molar-refractivity contribution is 8.76. The van der Waals surface area contributed by atoms with Crippen molar-refractivity contribution >= 4 is 51.0 Å². The molecule has 1 aliphatic heterocycles. The summed E-state index contributed by atoms with van der Waals surface area (Å²) in [6.45, 7) is 3.86. The number of aromatic hydroxyl groups is 2. The number of nitrogens with one attached hydrogen (secondary N) is 1. The van der Waals surface area contributed by atoms with Crippen molar-refractivity contribution in [3.63, 3.8) is 0 Å². The standard InChI is InChI=1S/C45H43NO15S2/c1-4-33(49)58-20-23-8-12-25(13-9-23)62-63-26-14-10-24(11-15-26)21-59-44(55)46-29-16-34(60-22(2)39(29)50)61-31-18-45(56,32(48)19-47)17-28-36(31)43(54)38-37(41(28)52)40(51)27-6-5-7-30(57-3)35(27)42(38)53/h4-15,22,29,31,34,39,47,50,52,54,56H,1,16-21H2,2-3H3,(H,46,55)/t22?,29?,31?,34?,39?,45-/m1/s1. The van der Waals surface area contributed by atoms with Gasteiger partial charge in [0, 0.05) is 51.8 Å². The molecule has 63 heavy (non-hydrogen) atoms. The Kier molecular flexibility index (Phi) is 13.6. The maximum Gasteiger partial charge on any atom is 0.407 e. The number of hydrogen-bond donors (Lipinski definition) is 6. The molecule has 0 spiro atoms. The average Bonchev–Trinajstić information content (AvgIpc) is 3.28. The van der Waals surface area contributed by atoms with E-state index in [-0.39, 0.29) is 47.6 Å². The summed E-state index contributed by atoms with van der Waals surface area (Å²) in [6, 6.07) is 18.2. The number of hydrogen-bond acceptors (Lipinski definition) is 17. The number of fused-ring (bicyclic) bond motifs is 3. The van der Waals surface area contributed by atoms with Gasteiger partial charge >= 0.3 is 12.1 Å². The molecule has 1 amide bonds. The molecule has 0 radical (unpaired) electrons. The number of phenolic OH excluding ortho intramolecular Hbond substituents is 2. The number of methoxy groups -OCH3 is 1. The van der Waals surface area contributed by atoms with Gasteiger partial charge in [-0.15, -0.1) is 0 Å². The van der Waals surface area contributed by atoms with E-state index in [4.69, 9.17) is 23.7 Å². The van der Waals surface area contributed by atoms with Gasteiger partial charge in [-0.2, -0.15) is 0 Å². The first kappa shape index (κ1) is 45.3. The minimum absolute atomic E-state index is 0.0546. The molecule has 0 aromatic heterocycles. The Labute approximate surface area is 368 Å². The highest BCUT2D eigenvalue weighted by Crippen LogP contribution is 2.52. The van der Waals surface area contributed by atoms with Crippen LogP contribution in [0.25, 0.3) is 0 Å². The Bertz CT molecular complexity index is 2460. The molecule has 6 atom stereocenters. The van der Waals surface area contributed by atoms with Crippen molar-refractivity contribution in [1.82, 2.24) is 5.32 Å². The van der Waals surface area contributed by atoms with Gasteiger partial charge < -0.3 is 54.5 Å². The third kappa shape index (κ3) is 9.33. The van der Waals surface area contributed by atoms with Crippen LogP contribution in [0.15, 0.2) is 89.2 Å². The van der Waals surface area contributed by atoms with Crippen LogP contribution >= 0.6 is 21.6 Å². The fraction of sp³-hybridized carbons (Fsp3) is 0.311. The van der Waals surface area contributed by atoms with Gasteiger partial charge in [-0.25, -0.2) is 9.59 Å². The highest BCUT2D eigenvalue weighted by atomic mass is 33.1. The molecule has 3 aliphatic rings. The molecule has 0 saturated carbocycles. The van der Waals surface area contributed by atoms with Crippen molar-refractivity contribution in [2.45, 2.75) is 85.4 Å². The summed E-state index contributed by atoms with van der Waals surface area (Å²) in [7, 11) is 4.36. The molecular formula is C45H43NO15S2. The number of amides is 1. The van der Waals surface area contributed by atoms with Gasteiger partial charge in [-0.1, -0.05) is 64.6 Å². The zero-order valence-electron chi connectivity index (χ0n) is 33.9. The number of aliphatic hydroxyl groups excluding tert-OH is 2. The Morgan fingerprint density at radius 2 is 1.52 bits per heavy atom. The quantitative estimate of drug-likeness (QED) is 0.0372. The van der Waals surface area contributed by atoms with E-state index in [0.29, 0.717) is 5.56 Å². The van der Waals surface area contributed by atoms with Crippen LogP contribution in [-0.2, 0) is 48.2 Å². The summed E-state index contributed by atoms with van der Waals surface area (Å²) < 4.78 is 28.0. The van der Waals surface area contributed by atoms with Crippen LogP contribution in [-0.4, -0.2) is 98.8 Å². The lowest BCUT2D eigenvalue weighted by atomic mass is 9.72. The van der Waals surface area contributed by atoms with E-state index < -0.39 is 108 Å². The van der Waals surface area contributed by atoms with Crippen LogP contribution in [0.2, 0.25) is 0 Å². The van der Waals surface area contributed by atoms with Gasteiger partial charge in [0.2, 0.25) is 5.78 Å². The summed E-state index contributed by atoms with van der Waals surface area (Å²) in [5.74, 6) is -4.61. The summed E-state index contributed by atoms with van der Waals surface area (Å²) in [5, 5.41) is 58.4. The number of ether oxygens (including phenoxy) is 5. The van der Waals surface area contributed by atoms with E-state index in [1.165, 1.54) is 53.8 Å². The Morgan fingerprint density at radius 3 is 2.13 bits per heavy atom. The number of phenols is 2. The SMILES string of the molecule is C=CC(=O)OCc1ccc(SSc2ccc(COC(=O)NC3CC(OC4C[C@@](O)(C(=O)CO)Cc5c(O)c6c(c(O)c54)C(=O)c4c(OC)cccc4C6=O)OC(C)C3O)cc2)cc1. The van der Waals surface area contributed by atoms with Gasteiger partial charge in [0.05, 0.1) is 42.0 Å². The molecule has 16 nitrogen and oxygen atoms in total. The Morgan fingerprint density at radius 1 is 0.905 bits per heavy atom. The van der Waals surface area contributed by atoms with Crippen molar-refractivity contribution in [3.8, 4) is 17.2 Å². The van der Waals surface area contributed by atoms with Gasteiger partial charge in [0.25, 0.3) is 0 Å². The highest BCUT2D eigenvalue weighted by Gasteiger charge is 2.50. The molecule has 18 heteroatoms. The second-order valence-corrected chi connectivity index (χ2v) is 17.4. The van der Waals surface area contributed by atoms with Crippen LogP contribution in [0.5, 0.6) is 17.2 Å². The summed E-state index contributed by atoms with van der Waals surface area (Å²) in [5.41, 5.74) is -2.59. The van der Waals surface area contributed by atoms with Crippen LogP contribution in [0.1, 0.15) is 80.0 Å². The number of ketones is 3. The Hall–Kier alpha value is -5.73. The monoisotopic (exact) mass is 901 g/mol. The van der Waals surface area contributed by atoms with Crippen LogP contribution in [0, 0.1) is 0 Å². The van der Waals surface area contributed by atoms with Crippen molar-refractivity contribution in [1.29, 1.82) is 0 Å². The molecule has 4 aromatic carbocycles. The molecule has 1 saturated heterocycles. The lowest BCUT2D eigenvalue weighted by molar-refractivity contribution is -0.249. The number of benzene rings is 4. The number of alkyl carbamates (subject to hydrolysis) is 1. The molecule has 330 valence electrons. The molecule has 4 aromatic rings. The van der Waals surface area contributed by atoms with Crippen LogP contribution in [0.3, 0.4) is 0 Å². The van der Waals surface area contributed by atoms with Gasteiger partial charge in [-0.05, 0) is 48.4 Å². The second kappa shape index (κ2) is 18.9. The van der Waals surface area contributed by atoms with E-state index >= 15 is 0 Å². The van der Waals surface area contributed by atoms with E-state index in [1.54, 1.807) is 12.1 Å². The summed E-state index contributed by atoms with van der Waals surface area (Å²) in [4.78, 5) is 67.0. The van der Waals surface area contributed by atoms with Crippen molar-refractivity contribution in [2.75, 3.05) is 13.7 Å².